The lowest BCUT2D eigenvalue weighted by molar-refractivity contribution is -0.128. The maximum absolute atomic E-state index is 13.1. The van der Waals surface area contributed by atoms with E-state index in [-0.39, 0.29) is 35.5 Å². The van der Waals surface area contributed by atoms with Crippen molar-refractivity contribution in [3.8, 4) is 0 Å². The summed E-state index contributed by atoms with van der Waals surface area (Å²) in [6.45, 7) is 0.550. The van der Waals surface area contributed by atoms with E-state index < -0.39 is 5.54 Å². The Hall–Kier alpha value is -2.90. The molecule has 3 aliphatic carbocycles. The van der Waals surface area contributed by atoms with Gasteiger partial charge in [-0.3, -0.25) is 19.1 Å². The number of rotatable bonds is 6. The SMILES string of the molecule is CN1C(=O)c2cc(C(=O)NCCC3C=CC=CC3)nn2C2CC21C(=O)NC1CCCC1. The van der Waals surface area contributed by atoms with Crippen molar-refractivity contribution < 1.29 is 14.4 Å². The van der Waals surface area contributed by atoms with Gasteiger partial charge in [-0.2, -0.15) is 5.10 Å². The van der Waals surface area contributed by atoms with Gasteiger partial charge in [0, 0.05) is 32.1 Å². The van der Waals surface area contributed by atoms with Crippen LogP contribution in [0.2, 0.25) is 0 Å². The van der Waals surface area contributed by atoms with Crippen LogP contribution < -0.4 is 10.6 Å². The second-order valence-electron chi connectivity index (χ2n) is 9.18. The smallest absolute Gasteiger partial charge is 0.272 e. The van der Waals surface area contributed by atoms with Crippen molar-refractivity contribution in [1.82, 2.24) is 25.3 Å². The summed E-state index contributed by atoms with van der Waals surface area (Å²) < 4.78 is 1.60. The fourth-order valence-corrected chi connectivity index (χ4v) is 5.23. The third kappa shape index (κ3) is 3.38. The molecule has 2 fully saturated rings. The average Bonchev–Trinajstić information content (AvgIpc) is 3.11. The highest BCUT2D eigenvalue weighted by molar-refractivity contribution is 6.04. The number of hydrogen-bond donors (Lipinski definition) is 2. The number of carbonyl (C=O) groups excluding carboxylic acids is 3. The molecule has 3 atom stereocenters. The molecule has 3 unspecified atom stereocenters. The first-order chi connectivity index (χ1) is 15.0. The van der Waals surface area contributed by atoms with Crippen LogP contribution in [0.25, 0.3) is 0 Å². The van der Waals surface area contributed by atoms with Crippen LogP contribution in [0.15, 0.2) is 30.4 Å². The van der Waals surface area contributed by atoms with Crippen LogP contribution in [0.1, 0.15) is 72.0 Å². The van der Waals surface area contributed by atoms with Crippen LogP contribution >= 0.6 is 0 Å². The van der Waals surface area contributed by atoms with Crippen LogP contribution in [-0.4, -0.2) is 57.6 Å². The topological polar surface area (TPSA) is 96.3 Å². The summed E-state index contributed by atoms with van der Waals surface area (Å²) in [6.07, 6.45) is 15.0. The molecule has 2 saturated carbocycles. The second-order valence-corrected chi connectivity index (χ2v) is 9.18. The van der Waals surface area contributed by atoms with E-state index in [2.05, 4.69) is 27.9 Å². The van der Waals surface area contributed by atoms with Gasteiger partial charge in [0.25, 0.3) is 11.8 Å². The Labute approximate surface area is 181 Å². The number of fused-ring (bicyclic) bond motifs is 3. The number of nitrogens with zero attached hydrogens (tertiary/aromatic N) is 3. The molecule has 5 rings (SSSR count). The number of likely N-dealkylation sites (N-methyl/N-ethyl adjacent to an activating group) is 1. The quantitative estimate of drug-likeness (QED) is 0.731. The molecular weight excluding hydrogens is 394 g/mol. The minimum Gasteiger partial charge on any atom is -0.351 e. The predicted molar refractivity (Wildman–Crippen MR) is 114 cm³/mol. The van der Waals surface area contributed by atoms with Crippen molar-refractivity contribution in [3.05, 3.63) is 41.8 Å². The second kappa shape index (κ2) is 7.66. The molecule has 8 nitrogen and oxygen atoms in total. The third-order valence-corrected chi connectivity index (χ3v) is 7.24. The van der Waals surface area contributed by atoms with Gasteiger partial charge in [0.2, 0.25) is 5.91 Å². The van der Waals surface area contributed by atoms with Crippen LogP contribution in [0.4, 0.5) is 0 Å². The van der Waals surface area contributed by atoms with Gasteiger partial charge in [-0.15, -0.1) is 0 Å². The maximum Gasteiger partial charge on any atom is 0.272 e. The summed E-state index contributed by atoms with van der Waals surface area (Å²) in [5, 5.41) is 10.5. The highest BCUT2D eigenvalue weighted by atomic mass is 16.2. The number of amides is 3. The van der Waals surface area contributed by atoms with E-state index in [1.807, 2.05) is 12.2 Å². The minimum atomic E-state index is -0.882. The summed E-state index contributed by atoms with van der Waals surface area (Å²) >= 11 is 0. The molecule has 0 spiro atoms. The molecule has 164 valence electrons. The van der Waals surface area contributed by atoms with E-state index in [1.165, 1.54) is 0 Å². The van der Waals surface area contributed by atoms with Crippen LogP contribution in [-0.2, 0) is 4.79 Å². The fraction of sp³-hybridized carbons (Fsp3) is 0.565. The van der Waals surface area contributed by atoms with E-state index in [4.69, 9.17) is 0 Å². The van der Waals surface area contributed by atoms with Crippen molar-refractivity contribution in [3.63, 3.8) is 0 Å². The normalized spacial score (nSPS) is 28.9. The first-order valence-corrected chi connectivity index (χ1v) is 11.3. The number of nitrogens with one attached hydrogen (secondary N) is 2. The molecule has 1 aromatic heterocycles. The molecule has 4 aliphatic rings. The monoisotopic (exact) mass is 423 g/mol. The van der Waals surface area contributed by atoms with Crippen LogP contribution in [0.5, 0.6) is 0 Å². The molecule has 3 amide bonds. The molecule has 1 aromatic rings. The summed E-state index contributed by atoms with van der Waals surface area (Å²) in [7, 11) is 1.68. The van der Waals surface area contributed by atoms with Crippen LogP contribution in [0.3, 0.4) is 0 Å². The Morgan fingerprint density at radius 2 is 2.06 bits per heavy atom. The van der Waals surface area contributed by atoms with Gasteiger partial charge >= 0.3 is 0 Å². The van der Waals surface area contributed by atoms with Crippen molar-refractivity contribution in [2.75, 3.05) is 13.6 Å². The van der Waals surface area contributed by atoms with E-state index in [0.29, 0.717) is 24.6 Å². The number of allylic oxidation sites excluding steroid dienone is 4. The molecule has 1 aliphatic heterocycles. The summed E-state index contributed by atoms with van der Waals surface area (Å²) in [5.74, 6) is -0.210. The highest BCUT2D eigenvalue weighted by Gasteiger charge is 2.69. The Balaban J connectivity index is 1.26. The lowest BCUT2D eigenvalue weighted by Gasteiger charge is -2.33. The predicted octanol–water partition coefficient (Wildman–Crippen LogP) is 1.96. The zero-order chi connectivity index (χ0) is 21.6. The molecule has 31 heavy (non-hydrogen) atoms. The first-order valence-electron chi connectivity index (χ1n) is 11.3. The molecule has 0 aromatic carbocycles. The molecule has 0 radical (unpaired) electrons. The Morgan fingerprint density at radius 3 is 2.81 bits per heavy atom. The van der Waals surface area contributed by atoms with Gasteiger partial charge in [-0.1, -0.05) is 37.1 Å². The lowest BCUT2D eigenvalue weighted by Crippen LogP contribution is -2.55. The summed E-state index contributed by atoms with van der Waals surface area (Å²) in [4.78, 5) is 40.3. The summed E-state index contributed by atoms with van der Waals surface area (Å²) in [5.41, 5.74) is -0.276. The molecule has 0 bridgehead atoms. The van der Waals surface area contributed by atoms with Gasteiger partial charge in [-0.25, -0.2) is 0 Å². The van der Waals surface area contributed by atoms with Crippen molar-refractivity contribution >= 4 is 17.7 Å². The van der Waals surface area contributed by atoms with Gasteiger partial charge < -0.3 is 15.5 Å². The molecule has 8 heteroatoms. The largest absolute Gasteiger partial charge is 0.351 e. The van der Waals surface area contributed by atoms with E-state index in [9.17, 15) is 14.4 Å². The lowest BCUT2D eigenvalue weighted by atomic mass is 9.97. The zero-order valence-corrected chi connectivity index (χ0v) is 17.8. The highest BCUT2D eigenvalue weighted by Crippen LogP contribution is 2.55. The third-order valence-electron chi connectivity index (χ3n) is 7.24. The number of hydrogen-bond acceptors (Lipinski definition) is 4. The summed E-state index contributed by atoms with van der Waals surface area (Å²) in [6, 6.07) is 1.53. The van der Waals surface area contributed by atoms with Gasteiger partial charge in [0.1, 0.15) is 11.2 Å². The minimum absolute atomic E-state index is 0.0954. The molecule has 2 N–H and O–H groups in total. The number of aromatic nitrogens is 2. The molecular formula is C23H29N5O3. The Kier molecular flexibility index (Phi) is 4.95. The fourth-order valence-electron chi connectivity index (χ4n) is 5.23. The van der Waals surface area contributed by atoms with Gasteiger partial charge in [0.15, 0.2) is 5.69 Å². The van der Waals surface area contributed by atoms with Crippen molar-refractivity contribution in [2.24, 2.45) is 5.92 Å². The first kappa shape index (κ1) is 20.0. The van der Waals surface area contributed by atoms with Crippen molar-refractivity contribution in [1.29, 1.82) is 0 Å². The van der Waals surface area contributed by atoms with Crippen LogP contribution in [0, 0.1) is 5.92 Å². The van der Waals surface area contributed by atoms with Gasteiger partial charge in [-0.05, 0) is 31.6 Å². The maximum atomic E-state index is 13.1. The van der Waals surface area contributed by atoms with E-state index >= 15 is 0 Å². The Bertz CT molecular complexity index is 974. The molecule has 0 saturated heterocycles. The standard InChI is InChI=1S/C23H29N5O3/c1-27-21(30)18-13-17(20(29)24-12-11-15-7-3-2-4-8-15)26-28(18)19-14-23(19,27)22(31)25-16-9-5-6-10-16/h2-4,7,13,15-16,19H,5-6,8-12,14H2,1H3,(H,24,29)(H,25,31). The van der Waals surface area contributed by atoms with E-state index in [0.717, 1.165) is 38.5 Å². The van der Waals surface area contributed by atoms with Gasteiger partial charge in [0.05, 0.1) is 6.04 Å². The van der Waals surface area contributed by atoms with E-state index in [1.54, 1.807) is 22.7 Å². The molecule has 2 heterocycles. The van der Waals surface area contributed by atoms with Crippen molar-refractivity contribution in [2.45, 2.75) is 62.6 Å². The Morgan fingerprint density at radius 1 is 1.26 bits per heavy atom. The average molecular weight is 424 g/mol. The zero-order valence-electron chi connectivity index (χ0n) is 17.8. The number of carbonyl (C=O) groups is 3.